The lowest BCUT2D eigenvalue weighted by Crippen LogP contribution is -2.08. The van der Waals surface area contributed by atoms with Crippen LogP contribution in [0.4, 0.5) is 0 Å². The molecular weight excluding hydrogens is 441 g/mol. The number of hydrazone groups is 1. The maximum Gasteiger partial charge on any atom is 0.126 e. The van der Waals surface area contributed by atoms with Gasteiger partial charge in [-0.25, -0.2) is 0 Å². The lowest BCUT2D eigenvalue weighted by Gasteiger charge is -2.12. The number of benzene rings is 2. The largest absolute Gasteiger partial charge is 0.318 e. The summed E-state index contributed by atoms with van der Waals surface area (Å²) < 4.78 is 3.56. The van der Waals surface area contributed by atoms with Crippen molar-refractivity contribution in [1.29, 1.82) is 0 Å². The van der Waals surface area contributed by atoms with Crippen LogP contribution in [-0.2, 0) is 0 Å². The first-order valence-electron chi connectivity index (χ1n) is 8.13. The maximum atomic E-state index is 4.55. The third-order valence-electron chi connectivity index (χ3n) is 4.37. The van der Waals surface area contributed by atoms with E-state index in [0.29, 0.717) is 0 Å². The van der Waals surface area contributed by atoms with Gasteiger partial charge >= 0.3 is 0 Å². The van der Waals surface area contributed by atoms with Crippen LogP contribution >= 0.6 is 34.4 Å². The molecule has 1 aliphatic heterocycles. The fourth-order valence-corrected chi connectivity index (χ4v) is 4.60. The monoisotopic (exact) mass is 459 g/mol. The van der Waals surface area contributed by atoms with Gasteiger partial charge in [-0.1, -0.05) is 42.1 Å². The second-order valence-corrected chi connectivity index (χ2v) is 8.39. The molecule has 0 bridgehead atoms. The molecule has 0 radical (unpaired) electrons. The summed E-state index contributed by atoms with van der Waals surface area (Å²) in [7, 11) is 0. The summed E-state index contributed by atoms with van der Waals surface area (Å²) in [6.45, 7) is 4.34. The number of halogens is 1. The van der Waals surface area contributed by atoms with E-state index in [2.05, 4.69) is 94.0 Å². The molecule has 3 nitrogen and oxygen atoms in total. The van der Waals surface area contributed by atoms with Gasteiger partial charge in [0.25, 0.3) is 0 Å². The van der Waals surface area contributed by atoms with E-state index in [9.17, 15) is 0 Å². The summed E-state index contributed by atoms with van der Waals surface area (Å²) in [5, 5.41) is 5.75. The van der Waals surface area contributed by atoms with E-state index < -0.39 is 0 Å². The molecule has 0 unspecified atom stereocenters. The summed E-state index contributed by atoms with van der Waals surface area (Å²) in [4.78, 5) is 0. The number of nitrogens with one attached hydrogen (secondary N) is 1. The predicted molar refractivity (Wildman–Crippen MR) is 114 cm³/mol. The van der Waals surface area contributed by atoms with Crippen LogP contribution in [0.2, 0.25) is 0 Å². The highest BCUT2D eigenvalue weighted by atomic mass is 127. The quantitative estimate of drug-likeness (QED) is 0.532. The second-order valence-electron chi connectivity index (χ2n) is 6.05. The standard InChI is InChI=1S/C20H18IN3S/c1-13-12-18(14(2)24(13)17-10-8-16(21)9-11-17)20-23-22-19(25-20)15-6-4-3-5-7-15/h3-12,20,23H,1-2H3/t20-/m1/s1. The molecule has 25 heavy (non-hydrogen) atoms. The SMILES string of the molecule is Cc1cc([C@@H]2NN=C(c3ccccc3)S2)c(C)n1-c1ccc(I)cc1. The van der Waals surface area contributed by atoms with Gasteiger partial charge in [-0.05, 0) is 66.8 Å². The topological polar surface area (TPSA) is 29.3 Å². The van der Waals surface area contributed by atoms with E-state index in [-0.39, 0.29) is 5.37 Å². The van der Waals surface area contributed by atoms with E-state index in [0.717, 1.165) is 10.6 Å². The molecule has 5 heteroatoms. The summed E-state index contributed by atoms with van der Waals surface area (Å²) >= 11 is 4.11. The van der Waals surface area contributed by atoms with E-state index in [4.69, 9.17) is 0 Å². The first-order chi connectivity index (χ1) is 12.1. The predicted octanol–water partition coefficient (Wildman–Crippen LogP) is 5.40. The van der Waals surface area contributed by atoms with Crippen LogP contribution in [0.15, 0.2) is 65.8 Å². The highest BCUT2D eigenvalue weighted by Gasteiger charge is 2.26. The van der Waals surface area contributed by atoms with E-state index >= 15 is 0 Å². The van der Waals surface area contributed by atoms with Gasteiger partial charge in [0.15, 0.2) is 0 Å². The zero-order valence-electron chi connectivity index (χ0n) is 14.0. The number of hydrogen-bond donors (Lipinski definition) is 1. The Kier molecular flexibility index (Phi) is 4.60. The number of nitrogens with zero attached hydrogens (tertiary/aromatic N) is 2. The van der Waals surface area contributed by atoms with Gasteiger partial charge in [-0.2, -0.15) is 5.10 Å². The number of aromatic nitrogens is 1. The third kappa shape index (κ3) is 3.22. The molecule has 1 atom stereocenters. The lowest BCUT2D eigenvalue weighted by molar-refractivity contribution is 0.737. The minimum Gasteiger partial charge on any atom is -0.318 e. The average molecular weight is 459 g/mol. The summed E-state index contributed by atoms with van der Waals surface area (Å²) in [5.41, 5.74) is 9.45. The van der Waals surface area contributed by atoms with Crippen molar-refractivity contribution in [3.63, 3.8) is 0 Å². The van der Waals surface area contributed by atoms with E-state index in [1.54, 1.807) is 11.8 Å². The fourth-order valence-electron chi connectivity index (χ4n) is 3.17. The Hall–Kier alpha value is -1.73. The average Bonchev–Trinajstić information content (AvgIpc) is 3.22. The molecule has 2 aromatic carbocycles. The van der Waals surface area contributed by atoms with Gasteiger partial charge in [0, 0.05) is 31.8 Å². The summed E-state index contributed by atoms with van der Waals surface area (Å²) in [5.74, 6) is 0. The minimum atomic E-state index is 0.152. The number of thioether (sulfide) groups is 1. The van der Waals surface area contributed by atoms with Crippen molar-refractivity contribution < 1.29 is 0 Å². The number of rotatable bonds is 3. The molecule has 0 amide bonds. The highest BCUT2D eigenvalue weighted by molar-refractivity contribution is 14.1. The molecular formula is C20H18IN3S. The normalized spacial score (nSPS) is 16.6. The molecule has 1 aliphatic rings. The van der Waals surface area contributed by atoms with Crippen molar-refractivity contribution >= 4 is 39.4 Å². The van der Waals surface area contributed by atoms with Crippen molar-refractivity contribution in [2.45, 2.75) is 19.2 Å². The van der Waals surface area contributed by atoms with Gasteiger partial charge in [-0.3, -0.25) is 5.43 Å². The molecule has 0 fully saturated rings. The Balaban J connectivity index is 1.63. The van der Waals surface area contributed by atoms with Crippen LogP contribution in [0, 0.1) is 17.4 Å². The Labute approximate surface area is 165 Å². The van der Waals surface area contributed by atoms with Gasteiger partial charge in [0.2, 0.25) is 0 Å². The van der Waals surface area contributed by atoms with Crippen LogP contribution in [-0.4, -0.2) is 9.61 Å². The maximum absolute atomic E-state index is 4.55. The fraction of sp³-hybridized carbons (Fsp3) is 0.150. The lowest BCUT2D eigenvalue weighted by atomic mass is 10.2. The van der Waals surface area contributed by atoms with Crippen molar-refractivity contribution in [2.24, 2.45) is 5.10 Å². The Morgan fingerprint density at radius 3 is 2.48 bits per heavy atom. The number of hydrogen-bond acceptors (Lipinski definition) is 3. The zero-order chi connectivity index (χ0) is 17.4. The Morgan fingerprint density at radius 2 is 1.76 bits per heavy atom. The molecule has 1 aromatic heterocycles. The van der Waals surface area contributed by atoms with Crippen LogP contribution < -0.4 is 5.43 Å². The molecule has 126 valence electrons. The van der Waals surface area contributed by atoms with Gasteiger partial charge in [-0.15, -0.1) is 0 Å². The Morgan fingerprint density at radius 1 is 1.04 bits per heavy atom. The van der Waals surface area contributed by atoms with Gasteiger partial charge in [0.1, 0.15) is 10.4 Å². The van der Waals surface area contributed by atoms with Crippen LogP contribution in [0.25, 0.3) is 5.69 Å². The molecule has 0 saturated carbocycles. The van der Waals surface area contributed by atoms with Crippen molar-refractivity contribution in [3.8, 4) is 5.69 Å². The molecule has 3 aromatic rings. The molecule has 2 heterocycles. The summed E-state index contributed by atoms with van der Waals surface area (Å²) in [6.07, 6.45) is 0. The van der Waals surface area contributed by atoms with Crippen LogP contribution in [0.5, 0.6) is 0 Å². The van der Waals surface area contributed by atoms with Crippen molar-refractivity contribution in [1.82, 2.24) is 9.99 Å². The zero-order valence-corrected chi connectivity index (χ0v) is 17.0. The first-order valence-corrected chi connectivity index (χ1v) is 10.1. The first kappa shape index (κ1) is 16.7. The second kappa shape index (κ2) is 6.88. The number of aryl methyl sites for hydroxylation is 1. The Bertz CT molecular complexity index is 930. The smallest absolute Gasteiger partial charge is 0.126 e. The van der Waals surface area contributed by atoms with Gasteiger partial charge in [0.05, 0.1) is 0 Å². The van der Waals surface area contributed by atoms with Gasteiger partial charge < -0.3 is 4.57 Å². The molecule has 4 rings (SSSR count). The molecule has 1 N–H and O–H groups in total. The molecule has 0 aliphatic carbocycles. The van der Waals surface area contributed by atoms with E-state index in [1.807, 2.05) is 18.2 Å². The van der Waals surface area contributed by atoms with E-state index in [1.165, 1.54) is 26.2 Å². The molecule has 0 spiro atoms. The molecule has 0 saturated heterocycles. The summed E-state index contributed by atoms with van der Waals surface area (Å²) in [6, 6.07) is 21.2. The minimum absolute atomic E-state index is 0.152. The van der Waals surface area contributed by atoms with Crippen molar-refractivity contribution in [2.75, 3.05) is 0 Å². The third-order valence-corrected chi connectivity index (χ3v) is 6.24. The van der Waals surface area contributed by atoms with Crippen LogP contribution in [0.1, 0.15) is 27.9 Å². The van der Waals surface area contributed by atoms with Crippen LogP contribution in [0.3, 0.4) is 0 Å². The van der Waals surface area contributed by atoms with Crippen molar-refractivity contribution in [3.05, 3.63) is 86.7 Å². The highest BCUT2D eigenvalue weighted by Crippen LogP contribution is 2.37.